The predicted molar refractivity (Wildman–Crippen MR) is 157 cm³/mol. The number of hydrogen-bond acceptors (Lipinski definition) is 7. The van der Waals surface area contributed by atoms with Gasteiger partial charge in [0.25, 0.3) is 5.91 Å². The summed E-state index contributed by atoms with van der Waals surface area (Å²) in [4.78, 5) is 35.8. The summed E-state index contributed by atoms with van der Waals surface area (Å²) >= 11 is 1.88. The van der Waals surface area contributed by atoms with Gasteiger partial charge in [-0.25, -0.2) is 17.6 Å². The first kappa shape index (κ1) is 33.9. The van der Waals surface area contributed by atoms with E-state index in [0.717, 1.165) is 43.9 Å². The van der Waals surface area contributed by atoms with E-state index in [0.29, 0.717) is 31.2 Å². The Balaban J connectivity index is 0.00000560. The number of nitrogens with one attached hydrogen (secondary N) is 4. The zero-order valence-electron chi connectivity index (χ0n) is 22.3. The molecule has 4 amide bonds. The molecule has 10 nitrogen and oxygen atoms in total. The van der Waals surface area contributed by atoms with Crippen LogP contribution < -0.4 is 27.0 Å². The van der Waals surface area contributed by atoms with Crippen LogP contribution in [0.2, 0.25) is 0 Å². The van der Waals surface area contributed by atoms with Crippen molar-refractivity contribution < 1.29 is 27.2 Å². The smallest absolute Gasteiger partial charge is 0.315 e. The van der Waals surface area contributed by atoms with E-state index >= 15 is 0 Å². The van der Waals surface area contributed by atoms with Crippen LogP contribution in [0.25, 0.3) is 0 Å². The molecule has 1 aromatic rings. The molecule has 2 heterocycles. The first-order valence-electron chi connectivity index (χ1n) is 13.3. The molecular weight excluding hydrogens is 581 g/mol. The molecule has 0 aromatic heterocycles. The van der Waals surface area contributed by atoms with Crippen molar-refractivity contribution >= 4 is 51.9 Å². The summed E-state index contributed by atoms with van der Waals surface area (Å²) in [7, 11) is -3.93. The molecule has 2 fully saturated rings. The van der Waals surface area contributed by atoms with Crippen LogP contribution in [0.1, 0.15) is 55.3 Å². The zero-order chi connectivity index (χ0) is 28.3. The molecule has 2 aliphatic heterocycles. The van der Waals surface area contributed by atoms with Crippen LogP contribution in [-0.4, -0.2) is 74.7 Å². The number of benzene rings is 1. The van der Waals surface area contributed by atoms with E-state index in [1.54, 1.807) is 0 Å². The van der Waals surface area contributed by atoms with Crippen molar-refractivity contribution in [2.75, 3.05) is 31.1 Å². The number of unbranched alkanes of at least 4 members (excludes halogenated alkanes) is 3. The molecule has 6 N–H and O–H groups in total. The highest BCUT2D eigenvalue weighted by atomic mass is 35.5. The molecular formula is C26H39ClFN5O5S2. The summed E-state index contributed by atoms with van der Waals surface area (Å²) in [6.45, 7) is 0.884. The second-order valence-corrected chi connectivity index (χ2v) is 13.0. The maximum atomic E-state index is 13.6. The average molecular weight is 620 g/mol. The van der Waals surface area contributed by atoms with E-state index in [1.165, 1.54) is 24.3 Å². The molecule has 2 saturated heterocycles. The maximum Gasteiger partial charge on any atom is 0.315 e. The lowest BCUT2D eigenvalue weighted by Crippen LogP contribution is -2.36. The largest absolute Gasteiger partial charge is 0.356 e. The number of carbonyl (C=O) groups is 3. The van der Waals surface area contributed by atoms with Crippen molar-refractivity contribution in [1.82, 2.24) is 21.3 Å². The van der Waals surface area contributed by atoms with Crippen LogP contribution in [0.3, 0.4) is 0 Å². The number of carbonyl (C=O) groups excluding carboxylic acids is 3. The van der Waals surface area contributed by atoms with Gasteiger partial charge in [0.1, 0.15) is 11.6 Å². The fourth-order valence-electron chi connectivity index (χ4n) is 4.60. The molecule has 0 radical (unpaired) electrons. The minimum Gasteiger partial charge on any atom is -0.356 e. The van der Waals surface area contributed by atoms with Gasteiger partial charge in [-0.15, -0.1) is 12.4 Å². The van der Waals surface area contributed by atoms with Crippen molar-refractivity contribution in [3.63, 3.8) is 0 Å². The van der Waals surface area contributed by atoms with Crippen LogP contribution in [0.5, 0.6) is 0 Å². The Morgan fingerprint density at radius 2 is 1.85 bits per heavy atom. The lowest BCUT2D eigenvalue weighted by molar-refractivity contribution is -0.121. The van der Waals surface area contributed by atoms with Crippen molar-refractivity contribution in [2.24, 2.45) is 5.73 Å². The second kappa shape index (κ2) is 16.8. The quantitative estimate of drug-likeness (QED) is 0.140. The molecule has 3 atom stereocenters. The molecule has 224 valence electrons. The highest BCUT2D eigenvalue weighted by Crippen LogP contribution is 2.33. The summed E-state index contributed by atoms with van der Waals surface area (Å²) in [5.41, 5.74) is 5.39. The third-order valence-electron chi connectivity index (χ3n) is 6.66. The Morgan fingerprint density at radius 1 is 1.10 bits per heavy atom. The van der Waals surface area contributed by atoms with Crippen LogP contribution in [0, 0.1) is 0 Å². The van der Waals surface area contributed by atoms with Crippen molar-refractivity contribution in [1.29, 1.82) is 0 Å². The lowest BCUT2D eigenvalue weighted by atomic mass is 10.0. The summed E-state index contributed by atoms with van der Waals surface area (Å²) < 4.78 is 38.4. The van der Waals surface area contributed by atoms with E-state index < -0.39 is 27.3 Å². The van der Waals surface area contributed by atoms with Gasteiger partial charge < -0.3 is 27.0 Å². The summed E-state index contributed by atoms with van der Waals surface area (Å²) in [5.74, 6) is -1.07. The van der Waals surface area contributed by atoms with Crippen LogP contribution in [0.15, 0.2) is 41.1 Å². The number of halogens is 2. The summed E-state index contributed by atoms with van der Waals surface area (Å²) in [6.07, 6.45) is 6.53. The molecule has 0 bridgehead atoms. The number of rotatable bonds is 16. The van der Waals surface area contributed by atoms with E-state index in [4.69, 9.17) is 5.73 Å². The number of urea groups is 1. The number of sulfone groups is 1. The molecule has 14 heteroatoms. The first-order valence-corrected chi connectivity index (χ1v) is 16.0. The summed E-state index contributed by atoms with van der Waals surface area (Å²) in [5, 5.41) is 12.0. The number of fused-ring (bicyclic) bond motifs is 1. The van der Waals surface area contributed by atoms with E-state index in [1.807, 2.05) is 11.8 Å². The van der Waals surface area contributed by atoms with Crippen LogP contribution >= 0.6 is 24.2 Å². The van der Waals surface area contributed by atoms with E-state index in [-0.39, 0.29) is 53.4 Å². The van der Waals surface area contributed by atoms with Gasteiger partial charge in [0.05, 0.1) is 17.0 Å². The van der Waals surface area contributed by atoms with Crippen molar-refractivity contribution in [3.8, 4) is 0 Å². The molecule has 1 aromatic carbocycles. The normalized spacial score (nSPS) is 20.2. The standard InChI is InChI=1S/C26H38FN5O5S2.ClH/c27-19(11-12-28)17-39(36,37)20-8-6-7-18(15-20)25(34)30-14-5-1-4-13-29-23(33)10-3-2-9-22-24-21(16-38-22)31-26(35)32-24;/h6-8,11,15,21-22,24H,1-5,9-10,12-14,16-17,28H2,(H,29,33)(H,30,34)(H2,31,32,35);1H/b19-11-;/t21-,22-,24-;/m0./s1. The van der Waals surface area contributed by atoms with Crippen LogP contribution in [0.4, 0.5) is 9.18 Å². The highest BCUT2D eigenvalue weighted by Gasteiger charge is 2.42. The van der Waals surface area contributed by atoms with Gasteiger partial charge in [-0.05, 0) is 56.4 Å². The summed E-state index contributed by atoms with van der Waals surface area (Å²) in [6, 6.07) is 5.86. The topological polar surface area (TPSA) is 159 Å². The monoisotopic (exact) mass is 619 g/mol. The Hall–Kier alpha value is -2.35. The molecule has 0 aliphatic carbocycles. The van der Waals surface area contributed by atoms with Gasteiger partial charge in [-0.2, -0.15) is 11.8 Å². The highest BCUT2D eigenvalue weighted by molar-refractivity contribution is 8.00. The number of amides is 4. The van der Waals surface area contributed by atoms with Gasteiger partial charge in [0.2, 0.25) is 5.91 Å². The van der Waals surface area contributed by atoms with Gasteiger partial charge in [0.15, 0.2) is 9.84 Å². The molecule has 3 rings (SSSR count). The fourth-order valence-corrected chi connectivity index (χ4v) is 7.39. The minimum absolute atomic E-state index is 0. The zero-order valence-corrected chi connectivity index (χ0v) is 24.8. The molecule has 0 spiro atoms. The Labute approximate surface area is 245 Å². The van der Waals surface area contributed by atoms with Gasteiger partial charge in [0, 0.05) is 42.6 Å². The average Bonchev–Trinajstić information content (AvgIpc) is 3.45. The van der Waals surface area contributed by atoms with E-state index in [9.17, 15) is 27.2 Å². The van der Waals surface area contributed by atoms with Crippen molar-refractivity contribution in [2.45, 2.75) is 67.2 Å². The van der Waals surface area contributed by atoms with Crippen LogP contribution in [-0.2, 0) is 14.6 Å². The number of thioether (sulfide) groups is 1. The lowest BCUT2D eigenvalue weighted by Gasteiger charge is -2.16. The first-order chi connectivity index (χ1) is 18.7. The molecule has 40 heavy (non-hydrogen) atoms. The van der Waals surface area contributed by atoms with Gasteiger partial charge >= 0.3 is 6.03 Å². The van der Waals surface area contributed by atoms with Gasteiger partial charge in [-0.1, -0.05) is 12.5 Å². The minimum atomic E-state index is -3.93. The van der Waals surface area contributed by atoms with E-state index in [2.05, 4.69) is 21.3 Å². The number of hydrogen-bond donors (Lipinski definition) is 5. The van der Waals surface area contributed by atoms with Crippen molar-refractivity contribution in [3.05, 3.63) is 41.7 Å². The Kier molecular flexibility index (Phi) is 14.2. The second-order valence-electron chi connectivity index (χ2n) is 9.71. The Morgan fingerprint density at radius 3 is 2.60 bits per heavy atom. The third kappa shape index (κ3) is 10.6. The Bertz CT molecular complexity index is 1150. The predicted octanol–water partition coefficient (Wildman–Crippen LogP) is 2.44. The molecule has 0 saturated carbocycles. The number of nitrogens with two attached hydrogens (primary N) is 1. The fraction of sp³-hybridized carbons (Fsp3) is 0.577. The molecule has 2 aliphatic rings. The SMILES string of the molecule is Cl.NC/C=C(\F)CS(=O)(=O)c1cccc(C(=O)NCCCCCNC(=O)CCCC[C@@H]2SC[C@@H]3NC(=O)N[C@@H]32)c1. The van der Waals surface area contributed by atoms with Gasteiger partial charge in [-0.3, -0.25) is 9.59 Å². The molecule has 0 unspecified atom stereocenters. The third-order valence-corrected chi connectivity index (χ3v) is 9.80. The maximum absolute atomic E-state index is 13.6.